The number of hydrogen-bond donors (Lipinski definition) is 1. The lowest BCUT2D eigenvalue weighted by Gasteiger charge is -2.19. The van der Waals surface area contributed by atoms with Gasteiger partial charge < -0.3 is 13.7 Å². The van der Waals surface area contributed by atoms with Crippen LogP contribution >= 0.6 is 0 Å². The van der Waals surface area contributed by atoms with Gasteiger partial charge in [0.1, 0.15) is 5.82 Å². The lowest BCUT2D eigenvalue weighted by Crippen LogP contribution is -2.18. The molecule has 2 aromatic carbocycles. The number of nitrogens with zero attached hydrogens (tertiary/aromatic N) is 3. The number of fused-ring (bicyclic) bond motifs is 1. The number of pyridine rings is 1. The highest BCUT2D eigenvalue weighted by atomic mass is 32.2. The lowest BCUT2D eigenvalue weighted by atomic mass is 10.1. The summed E-state index contributed by atoms with van der Waals surface area (Å²) in [6, 6.07) is 7.35. The van der Waals surface area contributed by atoms with Crippen LogP contribution in [-0.4, -0.2) is 28.9 Å². The molecule has 196 valence electrons. The zero-order valence-electron chi connectivity index (χ0n) is 20.6. The van der Waals surface area contributed by atoms with Crippen LogP contribution in [0.25, 0.3) is 17.3 Å². The van der Waals surface area contributed by atoms with Crippen LogP contribution in [0, 0.1) is 25.5 Å². The van der Waals surface area contributed by atoms with Gasteiger partial charge in [-0.3, -0.25) is 9.52 Å². The third-order valence-corrected chi connectivity index (χ3v) is 7.30. The van der Waals surface area contributed by atoms with E-state index >= 15 is 0 Å². The van der Waals surface area contributed by atoms with Crippen molar-refractivity contribution in [1.82, 2.24) is 14.8 Å². The number of halogens is 2. The Balaban J connectivity index is 1.70. The van der Waals surface area contributed by atoms with Crippen molar-refractivity contribution in [3.05, 3.63) is 93.1 Å². The first-order valence-electron chi connectivity index (χ1n) is 11.6. The van der Waals surface area contributed by atoms with Crippen molar-refractivity contribution in [2.45, 2.75) is 27.2 Å². The Bertz CT molecular complexity index is 1780. The maximum atomic E-state index is 14.5. The van der Waals surface area contributed by atoms with E-state index in [1.54, 1.807) is 30.7 Å². The fraction of sp³-hybridized carbons (Fsp3) is 0.192. The Hall–Kier alpha value is -4.32. The molecule has 12 heteroatoms. The minimum atomic E-state index is -3.61. The monoisotopic (exact) mass is 540 g/mol. The van der Waals surface area contributed by atoms with Gasteiger partial charge >= 0.3 is 0 Å². The van der Waals surface area contributed by atoms with E-state index in [-0.39, 0.29) is 40.7 Å². The molecule has 0 saturated heterocycles. The summed E-state index contributed by atoms with van der Waals surface area (Å²) in [6.07, 6.45) is 3.55. The van der Waals surface area contributed by atoms with Crippen LogP contribution in [0.1, 0.15) is 35.5 Å². The molecule has 0 radical (unpaired) electrons. The third kappa shape index (κ3) is 4.82. The number of rotatable bonds is 7. The van der Waals surface area contributed by atoms with Crippen molar-refractivity contribution in [2.75, 3.05) is 10.5 Å². The van der Waals surface area contributed by atoms with Gasteiger partial charge in [0.2, 0.25) is 21.8 Å². The number of allylic oxidation sites excluding steroid dienone is 1. The summed E-state index contributed by atoms with van der Waals surface area (Å²) in [6.45, 7) is 4.81. The first kappa shape index (κ1) is 25.3. The zero-order valence-corrected chi connectivity index (χ0v) is 21.4. The summed E-state index contributed by atoms with van der Waals surface area (Å²) in [4.78, 5) is 13.1. The number of anilines is 1. The van der Waals surface area contributed by atoms with Gasteiger partial charge in [0.25, 0.3) is 0 Å². The second kappa shape index (κ2) is 9.53. The topological polar surface area (TPSA) is 116 Å². The van der Waals surface area contributed by atoms with Gasteiger partial charge in [0.05, 0.1) is 22.8 Å². The highest BCUT2D eigenvalue weighted by molar-refractivity contribution is 7.92. The van der Waals surface area contributed by atoms with E-state index in [0.717, 1.165) is 12.1 Å². The second-order valence-electron chi connectivity index (χ2n) is 8.71. The summed E-state index contributed by atoms with van der Waals surface area (Å²) in [5.41, 5.74) is 2.37. The Morgan fingerprint density at radius 3 is 2.55 bits per heavy atom. The largest absolute Gasteiger partial charge is 0.452 e. The third-order valence-electron chi connectivity index (χ3n) is 5.99. The molecule has 38 heavy (non-hydrogen) atoms. The van der Waals surface area contributed by atoms with Gasteiger partial charge in [-0.15, -0.1) is 10.2 Å². The second-order valence-corrected chi connectivity index (χ2v) is 10.7. The Morgan fingerprint density at radius 2 is 1.87 bits per heavy atom. The van der Waals surface area contributed by atoms with E-state index in [1.165, 1.54) is 25.1 Å². The molecule has 5 rings (SSSR count). The highest BCUT2D eigenvalue weighted by Gasteiger charge is 2.26. The maximum Gasteiger partial charge on any atom is 0.244 e. The Morgan fingerprint density at radius 1 is 1.11 bits per heavy atom. The quantitative estimate of drug-likeness (QED) is 0.359. The molecule has 0 spiro atoms. The van der Waals surface area contributed by atoms with E-state index in [1.807, 2.05) is 0 Å². The molecule has 0 amide bonds. The number of aromatic nitrogens is 3. The van der Waals surface area contributed by atoms with Crippen molar-refractivity contribution in [2.24, 2.45) is 0 Å². The van der Waals surface area contributed by atoms with Crippen LogP contribution in [-0.2, 0) is 16.4 Å². The van der Waals surface area contributed by atoms with Gasteiger partial charge in [-0.05, 0) is 50.3 Å². The number of sulfonamides is 1. The van der Waals surface area contributed by atoms with Gasteiger partial charge in [-0.1, -0.05) is 0 Å². The summed E-state index contributed by atoms with van der Waals surface area (Å²) in [5.74, 6) is -1.28. The fourth-order valence-corrected chi connectivity index (χ4v) is 4.73. The van der Waals surface area contributed by atoms with Gasteiger partial charge in [-0.2, -0.15) is 0 Å². The van der Waals surface area contributed by atoms with E-state index < -0.39 is 21.7 Å². The number of hydrogen-bond acceptors (Lipinski definition) is 7. The lowest BCUT2D eigenvalue weighted by molar-refractivity contribution is 0.436. The molecule has 1 N–H and O–H groups in total. The van der Waals surface area contributed by atoms with E-state index in [4.69, 9.17) is 9.15 Å². The molecule has 0 bridgehead atoms. The van der Waals surface area contributed by atoms with E-state index in [2.05, 4.69) is 14.9 Å². The average Bonchev–Trinajstić information content (AvgIpc) is 3.51. The SMILES string of the molecule is CCS(=O)(=O)Nc1ccc(Oc2ccc(F)cc2F)c(-n2cc(C)c(=O)c3c2C=C(c2nnc(C)o2)C3)c1. The van der Waals surface area contributed by atoms with Crippen LogP contribution < -0.4 is 14.9 Å². The Kier molecular flexibility index (Phi) is 6.35. The van der Waals surface area contributed by atoms with Crippen LogP contribution in [0.5, 0.6) is 11.5 Å². The standard InChI is InChI=1S/C26H22F2N4O5S/c1-4-38(34,35)31-18-6-8-24(37-23-7-5-17(27)11-20(23)28)22(12-18)32-13-14(2)25(33)19-9-16(10-21(19)32)26-30-29-15(3)36-26/h5-8,10-13,31H,4,9H2,1-3H3. The Labute approximate surface area is 216 Å². The first-order valence-corrected chi connectivity index (χ1v) is 13.2. The molecule has 9 nitrogen and oxygen atoms in total. The van der Waals surface area contributed by atoms with Crippen molar-refractivity contribution < 1.29 is 26.4 Å². The zero-order chi connectivity index (χ0) is 27.2. The molecular formula is C26H22F2N4O5S. The molecule has 0 saturated carbocycles. The summed E-state index contributed by atoms with van der Waals surface area (Å²) >= 11 is 0. The molecule has 0 aliphatic heterocycles. The molecule has 0 atom stereocenters. The molecule has 0 unspecified atom stereocenters. The van der Waals surface area contributed by atoms with Crippen molar-refractivity contribution >= 4 is 27.4 Å². The number of aryl methyl sites for hydroxylation is 2. The number of nitrogens with one attached hydrogen (secondary N) is 1. The van der Waals surface area contributed by atoms with E-state index in [9.17, 15) is 22.0 Å². The van der Waals surface area contributed by atoms with Crippen molar-refractivity contribution in [1.29, 1.82) is 0 Å². The predicted molar refractivity (Wildman–Crippen MR) is 137 cm³/mol. The molecule has 0 fully saturated rings. The summed E-state index contributed by atoms with van der Waals surface area (Å²) in [5, 5.41) is 7.90. The average molecular weight is 541 g/mol. The highest BCUT2D eigenvalue weighted by Crippen LogP contribution is 2.37. The summed E-state index contributed by atoms with van der Waals surface area (Å²) in [7, 11) is -3.61. The smallest absolute Gasteiger partial charge is 0.244 e. The molecule has 4 aromatic rings. The van der Waals surface area contributed by atoms with Crippen LogP contribution in [0.4, 0.5) is 14.5 Å². The molecule has 1 aliphatic rings. The fourth-order valence-electron chi connectivity index (χ4n) is 4.10. The minimum Gasteiger partial charge on any atom is -0.452 e. The maximum absolute atomic E-state index is 14.5. The van der Waals surface area contributed by atoms with Crippen LogP contribution in [0.3, 0.4) is 0 Å². The molecular weight excluding hydrogens is 518 g/mol. The van der Waals surface area contributed by atoms with Crippen LogP contribution in [0.15, 0.2) is 51.8 Å². The number of ether oxygens (including phenoxy) is 1. The predicted octanol–water partition coefficient (Wildman–Crippen LogP) is 4.77. The normalized spacial score (nSPS) is 12.8. The van der Waals surface area contributed by atoms with Gasteiger partial charge in [-0.25, -0.2) is 17.2 Å². The first-order chi connectivity index (χ1) is 18.0. The van der Waals surface area contributed by atoms with E-state index in [0.29, 0.717) is 40.0 Å². The minimum absolute atomic E-state index is 0.135. The molecule has 1 aliphatic carbocycles. The van der Waals surface area contributed by atoms with Crippen LogP contribution in [0.2, 0.25) is 0 Å². The van der Waals surface area contributed by atoms with Crippen molar-refractivity contribution in [3.63, 3.8) is 0 Å². The molecule has 2 aromatic heterocycles. The van der Waals surface area contributed by atoms with Gasteiger partial charge in [0, 0.05) is 42.3 Å². The van der Waals surface area contributed by atoms with Gasteiger partial charge in [0.15, 0.2) is 22.7 Å². The molecule has 2 heterocycles. The summed E-state index contributed by atoms with van der Waals surface area (Å²) < 4.78 is 67.9. The van der Waals surface area contributed by atoms with Crippen molar-refractivity contribution in [3.8, 4) is 17.2 Å². The number of benzene rings is 2.